The first kappa shape index (κ1) is 16.6. The lowest BCUT2D eigenvalue weighted by Gasteiger charge is -2.50. The summed E-state index contributed by atoms with van der Waals surface area (Å²) in [6, 6.07) is -1.39. The summed E-state index contributed by atoms with van der Waals surface area (Å²) >= 11 is 1.48. The Morgan fingerprint density at radius 1 is 1.52 bits per heavy atom. The van der Waals surface area contributed by atoms with Crippen molar-refractivity contribution in [1.29, 1.82) is 0 Å². The van der Waals surface area contributed by atoms with Crippen LogP contribution in [-0.4, -0.2) is 70.5 Å². The van der Waals surface area contributed by atoms with Gasteiger partial charge < -0.3 is 32.6 Å². The van der Waals surface area contributed by atoms with Crippen LogP contribution in [0.25, 0.3) is 0 Å². The molecular weight excluding hydrogens is 314 g/mol. The molecule has 2 saturated heterocycles. The summed E-state index contributed by atoms with van der Waals surface area (Å²) in [5, 5.41) is 11.2. The Morgan fingerprint density at radius 3 is 2.71 bits per heavy atom. The Bertz CT molecular complexity index is 493. The van der Waals surface area contributed by atoms with Crippen molar-refractivity contribution in [3.8, 4) is 0 Å². The predicted molar refractivity (Wildman–Crippen MR) is 75.7 cm³/mol. The fourth-order valence-corrected chi connectivity index (χ4v) is 4.59. The molecule has 3 heterocycles. The van der Waals surface area contributed by atoms with E-state index in [0.717, 1.165) is 23.1 Å². The van der Waals surface area contributed by atoms with E-state index in [1.54, 1.807) is 0 Å². The van der Waals surface area contributed by atoms with Crippen LogP contribution in [-0.2, 0) is 9.59 Å². The molecule has 3 atom stereocenters. The van der Waals surface area contributed by atoms with E-state index in [1.165, 1.54) is 29.5 Å². The molecule has 2 fully saturated rings. The summed E-state index contributed by atoms with van der Waals surface area (Å²) < 4.78 is 0.870. The van der Waals surface area contributed by atoms with Crippen molar-refractivity contribution in [3.05, 3.63) is 11.0 Å². The van der Waals surface area contributed by atoms with E-state index in [-0.39, 0.29) is 23.7 Å². The molecule has 3 aliphatic heterocycles. The number of nitrogens with two attached hydrogens (primary N) is 1. The molecule has 3 N–H and O–H groups in total. The second kappa shape index (κ2) is 5.79. The van der Waals surface area contributed by atoms with Gasteiger partial charge in [-0.05, 0) is 5.41 Å². The van der Waals surface area contributed by atoms with Gasteiger partial charge in [-0.1, -0.05) is 0 Å². The summed E-state index contributed by atoms with van der Waals surface area (Å²) in [4.78, 5) is 24.9. The number of aliphatic carboxylic acids is 1. The molecule has 0 aromatic carbocycles. The second-order valence-electron chi connectivity index (χ2n) is 6.16. The van der Waals surface area contributed by atoms with E-state index >= 15 is 0 Å². The first-order chi connectivity index (χ1) is 9.43. The molecule has 0 saturated carbocycles. The molecule has 0 aromatic rings. The Labute approximate surface area is 134 Å². The first-order valence-corrected chi connectivity index (χ1v) is 7.86. The van der Waals surface area contributed by atoms with Gasteiger partial charge in [-0.2, -0.15) is 0 Å². The van der Waals surface area contributed by atoms with Crippen molar-refractivity contribution in [2.45, 2.75) is 30.3 Å². The number of quaternary nitrogens is 1. The van der Waals surface area contributed by atoms with Gasteiger partial charge in [0.25, 0.3) is 0 Å². The summed E-state index contributed by atoms with van der Waals surface area (Å²) in [6.45, 7) is 2.85. The second-order valence-corrected chi connectivity index (χ2v) is 7.15. The molecule has 0 bridgehead atoms. The van der Waals surface area contributed by atoms with Gasteiger partial charge in [-0.3, -0.25) is 4.79 Å². The molecule has 8 heteroatoms. The topological polar surface area (TPSA) is 83.6 Å². The Balaban J connectivity index is 0.00000161. The highest BCUT2D eigenvalue weighted by Gasteiger charge is 2.54. The van der Waals surface area contributed by atoms with Crippen molar-refractivity contribution in [1.82, 2.24) is 4.90 Å². The Hall–Kier alpha value is -0.760. The van der Waals surface area contributed by atoms with Crippen LogP contribution in [0.5, 0.6) is 0 Å². The minimum Gasteiger partial charge on any atom is -1.00 e. The number of likely N-dealkylation sites (tertiary alicyclic amines) is 1. The summed E-state index contributed by atoms with van der Waals surface area (Å²) in [6.07, 6.45) is 2.37. The minimum absolute atomic E-state index is 0. The smallest absolute Gasteiger partial charge is 0.331 e. The van der Waals surface area contributed by atoms with Crippen molar-refractivity contribution in [2.75, 3.05) is 26.7 Å². The molecule has 21 heavy (non-hydrogen) atoms. The third-order valence-electron chi connectivity index (χ3n) is 4.55. The molecule has 6 nitrogen and oxygen atoms in total. The summed E-state index contributed by atoms with van der Waals surface area (Å²) in [5.74, 6) is -1.20. The largest absolute Gasteiger partial charge is 1.00 e. The van der Waals surface area contributed by atoms with E-state index in [0.29, 0.717) is 6.54 Å². The molecule has 3 rings (SSSR count). The highest BCUT2D eigenvalue weighted by Crippen LogP contribution is 2.40. The number of fused-ring (bicyclic) bond motifs is 1. The summed E-state index contributed by atoms with van der Waals surface area (Å²) in [7, 11) is 2.16. The van der Waals surface area contributed by atoms with Crippen LogP contribution in [0.2, 0.25) is 0 Å². The monoisotopic (exact) mass is 333 g/mol. The quantitative estimate of drug-likeness (QED) is 0.420. The van der Waals surface area contributed by atoms with Gasteiger partial charge in [0.05, 0.1) is 20.1 Å². The maximum absolute atomic E-state index is 11.9. The zero-order chi connectivity index (χ0) is 14.5. The van der Waals surface area contributed by atoms with E-state index in [9.17, 15) is 14.7 Å². The van der Waals surface area contributed by atoms with Crippen LogP contribution in [0.3, 0.4) is 0 Å². The van der Waals surface area contributed by atoms with Crippen molar-refractivity contribution in [3.63, 3.8) is 0 Å². The first-order valence-electron chi connectivity index (χ1n) is 6.91. The molecule has 1 unspecified atom stereocenters. The molecule has 118 valence electrons. The molecule has 0 aromatic heterocycles. The SMILES string of the molecule is C[N+]1(CC2=CS[C@@H]3[C@H](N)C(=O)N3C2C(=O)O)CCCC1.[Cl-]. The molecule has 0 spiro atoms. The number of halogens is 1. The molecular formula is C13H20ClN3O3S. The Kier molecular flexibility index (Phi) is 4.58. The highest BCUT2D eigenvalue weighted by molar-refractivity contribution is 8.02. The number of carboxylic acid groups (broad SMARTS) is 1. The fourth-order valence-electron chi connectivity index (χ4n) is 3.43. The van der Waals surface area contributed by atoms with Crippen molar-refractivity contribution in [2.24, 2.45) is 5.73 Å². The molecule has 1 amide bonds. The maximum atomic E-state index is 11.9. The van der Waals surface area contributed by atoms with E-state index in [4.69, 9.17) is 5.73 Å². The number of β-lactam (4-membered cyclic amide) rings is 1. The van der Waals surface area contributed by atoms with Gasteiger partial charge in [0.1, 0.15) is 18.0 Å². The predicted octanol–water partition coefficient (Wildman–Crippen LogP) is -3.19. The number of carboxylic acids is 1. The van der Waals surface area contributed by atoms with Gasteiger partial charge in [0, 0.05) is 18.4 Å². The number of thioether (sulfide) groups is 1. The molecule has 0 aliphatic carbocycles. The highest BCUT2D eigenvalue weighted by atomic mass is 35.5. The van der Waals surface area contributed by atoms with Crippen LogP contribution in [0.15, 0.2) is 11.0 Å². The number of carbonyl (C=O) groups excluding carboxylic acids is 1. The number of carbonyl (C=O) groups is 2. The van der Waals surface area contributed by atoms with Crippen molar-refractivity contribution < 1.29 is 31.6 Å². The van der Waals surface area contributed by atoms with Crippen LogP contribution in [0, 0.1) is 0 Å². The van der Waals surface area contributed by atoms with Crippen LogP contribution < -0.4 is 18.1 Å². The maximum Gasteiger partial charge on any atom is 0.331 e. The Morgan fingerprint density at radius 2 is 2.14 bits per heavy atom. The third-order valence-corrected chi connectivity index (χ3v) is 5.79. The van der Waals surface area contributed by atoms with E-state index in [1.807, 2.05) is 5.41 Å². The zero-order valence-corrected chi connectivity index (χ0v) is 13.4. The number of rotatable bonds is 3. The standard InChI is InChI=1S/C13H19N3O3S.ClH/c1-16(4-2-3-5-16)6-8-7-20-12-9(14)11(17)15(12)10(8)13(18)19;/h7,9-10,12H,2-6,14H2,1H3;1H/t9-,10?,12-;/m1./s1. The normalized spacial score (nSPS) is 33.6. The van der Waals surface area contributed by atoms with Gasteiger partial charge in [-0.25, -0.2) is 4.79 Å². The number of nitrogens with zero attached hydrogens (tertiary/aromatic N) is 2. The third kappa shape index (κ3) is 2.67. The molecule has 0 radical (unpaired) electrons. The lowest BCUT2D eigenvalue weighted by atomic mass is 9.98. The van der Waals surface area contributed by atoms with E-state index < -0.39 is 18.1 Å². The van der Waals surface area contributed by atoms with Gasteiger partial charge in [0.15, 0.2) is 6.04 Å². The number of hydrogen-bond acceptors (Lipinski definition) is 4. The van der Waals surface area contributed by atoms with Crippen LogP contribution in [0.1, 0.15) is 12.8 Å². The van der Waals surface area contributed by atoms with Crippen LogP contribution in [0.4, 0.5) is 0 Å². The average molecular weight is 334 g/mol. The van der Waals surface area contributed by atoms with E-state index in [2.05, 4.69) is 7.05 Å². The lowest BCUT2D eigenvalue weighted by molar-refractivity contribution is -0.893. The fraction of sp³-hybridized carbons (Fsp3) is 0.692. The zero-order valence-electron chi connectivity index (χ0n) is 11.9. The minimum atomic E-state index is -0.951. The number of likely N-dealkylation sites (N-methyl/N-ethyl adjacent to an activating group) is 1. The van der Waals surface area contributed by atoms with Gasteiger partial charge >= 0.3 is 5.97 Å². The van der Waals surface area contributed by atoms with Crippen LogP contribution >= 0.6 is 11.8 Å². The van der Waals surface area contributed by atoms with Gasteiger partial charge in [-0.15, -0.1) is 11.8 Å². The van der Waals surface area contributed by atoms with Gasteiger partial charge in [0.2, 0.25) is 5.91 Å². The summed E-state index contributed by atoms with van der Waals surface area (Å²) in [5.41, 5.74) is 6.57. The number of hydrogen-bond donors (Lipinski definition) is 2. The molecule has 3 aliphatic rings. The average Bonchev–Trinajstić information content (AvgIpc) is 2.83. The van der Waals surface area contributed by atoms with Crippen molar-refractivity contribution >= 4 is 23.6 Å². The number of amides is 1. The lowest BCUT2D eigenvalue weighted by Crippen LogP contribution is -3.00.